The highest BCUT2D eigenvalue weighted by Gasteiger charge is 2.31. The Morgan fingerprint density at radius 1 is 1.35 bits per heavy atom. The molecule has 1 atom stereocenters. The van der Waals surface area contributed by atoms with Gasteiger partial charge in [0.1, 0.15) is 0 Å². The summed E-state index contributed by atoms with van der Waals surface area (Å²) in [5, 5.41) is 3.66. The minimum atomic E-state index is 0.175. The van der Waals surface area contributed by atoms with E-state index in [1.807, 2.05) is 0 Å². The van der Waals surface area contributed by atoms with E-state index < -0.39 is 0 Å². The number of rotatable bonds is 3. The van der Waals surface area contributed by atoms with Crippen LogP contribution in [0, 0.1) is 6.92 Å². The van der Waals surface area contributed by atoms with Crippen LogP contribution < -0.4 is 15.1 Å². The Morgan fingerprint density at radius 3 is 2.65 bits per heavy atom. The molecular formula is C17H29N3. The van der Waals surface area contributed by atoms with Gasteiger partial charge in [0.05, 0.1) is 0 Å². The number of nitrogens with one attached hydrogen (secondary N) is 1. The van der Waals surface area contributed by atoms with E-state index in [1.165, 1.54) is 23.4 Å². The molecule has 1 aromatic carbocycles. The molecule has 0 spiro atoms. The number of benzene rings is 1. The molecule has 0 aromatic heterocycles. The topological polar surface area (TPSA) is 18.5 Å². The van der Waals surface area contributed by atoms with E-state index in [2.05, 4.69) is 75.1 Å². The van der Waals surface area contributed by atoms with Gasteiger partial charge >= 0.3 is 0 Å². The van der Waals surface area contributed by atoms with Crippen LogP contribution in [0.15, 0.2) is 18.2 Å². The lowest BCUT2D eigenvalue weighted by atomic mass is 9.96. The van der Waals surface area contributed by atoms with Crippen molar-refractivity contribution in [3.05, 3.63) is 23.8 Å². The summed E-state index contributed by atoms with van der Waals surface area (Å²) in [6.45, 7) is 11.1. The predicted molar refractivity (Wildman–Crippen MR) is 89.0 cm³/mol. The lowest BCUT2D eigenvalue weighted by Crippen LogP contribution is -2.61. The SMILES string of the molecule is CCC1CNC(C)(C)CN1c1ccc(C)c(N(C)C)c1. The Balaban J connectivity index is 2.34. The van der Waals surface area contributed by atoms with Crippen molar-refractivity contribution in [2.45, 2.75) is 45.7 Å². The van der Waals surface area contributed by atoms with Gasteiger partial charge in [-0.2, -0.15) is 0 Å². The van der Waals surface area contributed by atoms with Crippen LogP contribution in [0.2, 0.25) is 0 Å². The summed E-state index contributed by atoms with van der Waals surface area (Å²) < 4.78 is 0. The molecule has 1 aliphatic heterocycles. The third-order valence-electron chi connectivity index (χ3n) is 4.30. The Hall–Kier alpha value is -1.22. The summed E-state index contributed by atoms with van der Waals surface area (Å²) in [5.74, 6) is 0. The van der Waals surface area contributed by atoms with Crippen molar-refractivity contribution in [3.63, 3.8) is 0 Å². The van der Waals surface area contributed by atoms with E-state index >= 15 is 0 Å². The summed E-state index contributed by atoms with van der Waals surface area (Å²) in [6.07, 6.45) is 1.17. The van der Waals surface area contributed by atoms with E-state index in [0.29, 0.717) is 6.04 Å². The molecule has 1 saturated heterocycles. The highest BCUT2D eigenvalue weighted by molar-refractivity contribution is 5.63. The molecule has 0 saturated carbocycles. The molecule has 1 aliphatic rings. The van der Waals surface area contributed by atoms with Crippen LogP contribution in [-0.4, -0.2) is 38.8 Å². The zero-order valence-electron chi connectivity index (χ0n) is 13.8. The maximum atomic E-state index is 3.66. The summed E-state index contributed by atoms with van der Waals surface area (Å²) in [5.41, 5.74) is 4.17. The van der Waals surface area contributed by atoms with E-state index in [1.54, 1.807) is 0 Å². The van der Waals surface area contributed by atoms with Crippen LogP contribution in [0.1, 0.15) is 32.8 Å². The smallest absolute Gasteiger partial charge is 0.0412 e. The first kappa shape index (κ1) is 15.2. The second-order valence-electron chi connectivity index (χ2n) is 6.82. The van der Waals surface area contributed by atoms with Crippen LogP contribution >= 0.6 is 0 Å². The number of piperazine rings is 1. The Morgan fingerprint density at radius 2 is 2.05 bits per heavy atom. The highest BCUT2D eigenvalue weighted by atomic mass is 15.3. The van der Waals surface area contributed by atoms with Gasteiger partial charge in [0.25, 0.3) is 0 Å². The lowest BCUT2D eigenvalue weighted by molar-refractivity contribution is 0.306. The lowest BCUT2D eigenvalue weighted by Gasteiger charge is -2.46. The largest absolute Gasteiger partial charge is 0.377 e. The molecule has 3 nitrogen and oxygen atoms in total. The number of aryl methyl sites for hydroxylation is 1. The van der Waals surface area contributed by atoms with Crippen molar-refractivity contribution < 1.29 is 0 Å². The predicted octanol–water partition coefficient (Wildman–Crippen LogP) is 3.03. The van der Waals surface area contributed by atoms with Crippen molar-refractivity contribution >= 4 is 11.4 Å². The second kappa shape index (κ2) is 5.65. The average Bonchev–Trinajstić information content (AvgIpc) is 2.38. The second-order valence-corrected chi connectivity index (χ2v) is 6.82. The number of anilines is 2. The molecule has 3 heteroatoms. The van der Waals surface area contributed by atoms with Gasteiger partial charge in [-0.1, -0.05) is 13.0 Å². The zero-order chi connectivity index (χ0) is 14.9. The fraction of sp³-hybridized carbons (Fsp3) is 0.647. The normalized spacial score (nSPS) is 21.9. The van der Waals surface area contributed by atoms with Crippen LogP contribution in [0.3, 0.4) is 0 Å². The van der Waals surface area contributed by atoms with Crippen LogP contribution in [0.25, 0.3) is 0 Å². The summed E-state index contributed by atoms with van der Waals surface area (Å²) >= 11 is 0. The monoisotopic (exact) mass is 275 g/mol. The quantitative estimate of drug-likeness (QED) is 0.915. The number of hydrogen-bond acceptors (Lipinski definition) is 3. The maximum absolute atomic E-state index is 3.66. The Kier molecular flexibility index (Phi) is 4.28. The Bertz CT molecular complexity index is 465. The molecular weight excluding hydrogens is 246 g/mol. The first-order valence-electron chi connectivity index (χ1n) is 7.63. The van der Waals surface area contributed by atoms with E-state index in [0.717, 1.165) is 13.1 Å². The van der Waals surface area contributed by atoms with Crippen molar-refractivity contribution in [3.8, 4) is 0 Å². The fourth-order valence-electron chi connectivity index (χ4n) is 3.04. The zero-order valence-corrected chi connectivity index (χ0v) is 13.8. The molecule has 1 unspecified atom stereocenters. The van der Waals surface area contributed by atoms with Gasteiger partial charge in [-0.05, 0) is 44.9 Å². The third kappa shape index (κ3) is 3.09. The molecule has 20 heavy (non-hydrogen) atoms. The third-order valence-corrected chi connectivity index (χ3v) is 4.30. The van der Waals surface area contributed by atoms with Crippen LogP contribution in [0.5, 0.6) is 0 Å². The minimum Gasteiger partial charge on any atom is -0.377 e. The fourth-order valence-corrected chi connectivity index (χ4v) is 3.04. The molecule has 1 N–H and O–H groups in total. The van der Waals surface area contributed by atoms with E-state index in [9.17, 15) is 0 Å². The Labute approximate surface area is 124 Å². The molecule has 2 rings (SSSR count). The molecule has 0 bridgehead atoms. The van der Waals surface area contributed by atoms with Gasteiger partial charge in [-0.15, -0.1) is 0 Å². The van der Waals surface area contributed by atoms with Crippen molar-refractivity contribution in [2.24, 2.45) is 0 Å². The van der Waals surface area contributed by atoms with Gasteiger partial charge in [0, 0.05) is 50.1 Å². The molecule has 1 fully saturated rings. The van der Waals surface area contributed by atoms with E-state index in [4.69, 9.17) is 0 Å². The van der Waals surface area contributed by atoms with Crippen LogP contribution in [-0.2, 0) is 0 Å². The van der Waals surface area contributed by atoms with Crippen LogP contribution in [0.4, 0.5) is 11.4 Å². The molecule has 0 radical (unpaired) electrons. The van der Waals surface area contributed by atoms with Gasteiger partial charge < -0.3 is 15.1 Å². The van der Waals surface area contributed by atoms with Crippen molar-refractivity contribution in [1.29, 1.82) is 0 Å². The van der Waals surface area contributed by atoms with Crippen molar-refractivity contribution in [2.75, 3.05) is 37.0 Å². The molecule has 1 heterocycles. The van der Waals surface area contributed by atoms with Gasteiger partial charge in [-0.3, -0.25) is 0 Å². The molecule has 0 amide bonds. The average molecular weight is 275 g/mol. The van der Waals surface area contributed by atoms with Gasteiger partial charge in [0.2, 0.25) is 0 Å². The number of hydrogen-bond donors (Lipinski definition) is 1. The number of nitrogens with zero attached hydrogens (tertiary/aromatic N) is 2. The molecule has 112 valence electrons. The highest BCUT2D eigenvalue weighted by Crippen LogP contribution is 2.29. The summed E-state index contributed by atoms with van der Waals surface area (Å²) in [7, 11) is 4.23. The molecule has 0 aliphatic carbocycles. The van der Waals surface area contributed by atoms with Crippen molar-refractivity contribution in [1.82, 2.24) is 5.32 Å². The minimum absolute atomic E-state index is 0.175. The molecule has 1 aromatic rings. The standard InChI is InChI=1S/C17H29N3/c1-7-14-11-18-17(3,4)12-20(14)15-9-8-13(2)16(10-15)19(5)6/h8-10,14,18H,7,11-12H2,1-6H3. The maximum Gasteiger partial charge on any atom is 0.0412 e. The first-order valence-corrected chi connectivity index (χ1v) is 7.63. The van der Waals surface area contributed by atoms with E-state index in [-0.39, 0.29) is 5.54 Å². The van der Waals surface area contributed by atoms with Gasteiger partial charge in [0.15, 0.2) is 0 Å². The summed E-state index contributed by atoms with van der Waals surface area (Å²) in [6, 6.07) is 7.43. The first-order chi connectivity index (χ1) is 9.34. The summed E-state index contributed by atoms with van der Waals surface area (Å²) in [4.78, 5) is 4.77. The van der Waals surface area contributed by atoms with Gasteiger partial charge in [-0.25, -0.2) is 0 Å².